The molecule has 1 saturated heterocycles. The summed E-state index contributed by atoms with van der Waals surface area (Å²) < 4.78 is 22.6. The summed E-state index contributed by atoms with van der Waals surface area (Å²) in [7, 11) is 3.10. The van der Waals surface area contributed by atoms with E-state index in [1.807, 2.05) is 12.1 Å². The van der Waals surface area contributed by atoms with Crippen LogP contribution >= 0.6 is 24.0 Å². The number of benzene rings is 2. The van der Waals surface area contributed by atoms with Crippen molar-refractivity contribution in [1.82, 2.24) is 15.5 Å². The molecular weight excluding hydrogens is 538 g/mol. The number of morpholine rings is 1. The third kappa shape index (κ3) is 7.85. The molecule has 1 aromatic heterocycles. The first-order valence-electron chi connectivity index (χ1n) is 12.2. The van der Waals surface area contributed by atoms with Crippen LogP contribution in [0.2, 0.25) is 0 Å². The van der Waals surface area contributed by atoms with Crippen molar-refractivity contribution in [3.8, 4) is 11.5 Å². The number of hydrogen-bond acceptors (Lipinski definition) is 8. The van der Waals surface area contributed by atoms with Crippen LogP contribution in [0.3, 0.4) is 0 Å². The minimum Gasteiger partial charge on any atom is -0.493 e. The quantitative estimate of drug-likeness (QED) is 0.225. The fraction of sp³-hybridized carbons (Fsp3) is 0.250. The van der Waals surface area contributed by atoms with Crippen LogP contribution < -0.4 is 20.1 Å². The fourth-order valence-corrected chi connectivity index (χ4v) is 4.90. The van der Waals surface area contributed by atoms with Gasteiger partial charge in [-0.2, -0.15) is 0 Å². The first-order chi connectivity index (χ1) is 19.0. The van der Waals surface area contributed by atoms with E-state index >= 15 is 0 Å². The molecule has 11 heteroatoms. The number of carbonyl (C=O) groups is 2. The summed E-state index contributed by atoms with van der Waals surface area (Å²) in [5.41, 5.74) is 1.25. The Morgan fingerprint density at radius 2 is 1.77 bits per heavy atom. The summed E-state index contributed by atoms with van der Waals surface area (Å²) in [5.74, 6) is 0.629. The third-order valence-electron chi connectivity index (χ3n) is 5.78. The van der Waals surface area contributed by atoms with Crippen molar-refractivity contribution in [3.63, 3.8) is 0 Å². The van der Waals surface area contributed by atoms with E-state index in [2.05, 4.69) is 15.5 Å². The first kappa shape index (κ1) is 28.2. The summed E-state index contributed by atoms with van der Waals surface area (Å²) >= 11 is 6.87. The van der Waals surface area contributed by atoms with Crippen molar-refractivity contribution in [1.29, 1.82) is 0 Å². The van der Waals surface area contributed by atoms with Crippen LogP contribution in [-0.4, -0.2) is 61.6 Å². The summed E-state index contributed by atoms with van der Waals surface area (Å²) in [5, 5.41) is 6.13. The Kier molecular flexibility index (Phi) is 10.0. The largest absolute Gasteiger partial charge is 0.493 e. The average molecular weight is 568 g/mol. The van der Waals surface area contributed by atoms with Crippen LogP contribution in [0.1, 0.15) is 21.7 Å². The zero-order chi connectivity index (χ0) is 27.6. The van der Waals surface area contributed by atoms with Gasteiger partial charge in [-0.05, 0) is 53.7 Å². The second kappa shape index (κ2) is 13.8. The molecule has 1 aliphatic heterocycles. The predicted molar refractivity (Wildman–Crippen MR) is 153 cm³/mol. The van der Waals surface area contributed by atoms with E-state index in [0.29, 0.717) is 45.4 Å². The van der Waals surface area contributed by atoms with Gasteiger partial charge in [0.05, 0.1) is 27.4 Å². The fourth-order valence-electron chi connectivity index (χ4n) is 3.72. The van der Waals surface area contributed by atoms with E-state index in [1.165, 1.54) is 17.8 Å². The van der Waals surface area contributed by atoms with Crippen molar-refractivity contribution >= 4 is 46.2 Å². The number of nitrogens with zero attached hydrogens (tertiary/aromatic N) is 1. The monoisotopic (exact) mass is 567 g/mol. The van der Waals surface area contributed by atoms with Crippen LogP contribution in [0.25, 0.3) is 6.08 Å². The second-order valence-electron chi connectivity index (χ2n) is 8.37. The van der Waals surface area contributed by atoms with E-state index in [9.17, 15) is 9.59 Å². The van der Waals surface area contributed by atoms with Gasteiger partial charge in [-0.15, -0.1) is 0 Å². The maximum absolute atomic E-state index is 13.2. The molecule has 39 heavy (non-hydrogen) atoms. The summed E-state index contributed by atoms with van der Waals surface area (Å²) in [6, 6.07) is 17.5. The van der Waals surface area contributed by atoms with Gasteiger partial charge >= 0.3 is 0 Å². The average Bonchev–Trinajstić information content (AvgIpc) is 3.42. The maximum atomic E-state index is 13.2. The van der Waals surface area contributed by atoms with Gasteiger partial charge in [-0.3, -0.25) is 9.59 Å². The Hall–Kier alpha value is -3.80. The van der Waals surface area contributed by atoms with E-state index in [1.54, 1.807) is 62.8 Å². The van der Waals surface area contributed by atoms with Crippen molar-refractivity contribution < 1.29 is 28.2 Å². The number of thioether (sulfide) groups is 1. The first-order valence-corrected chi connectivity index (χ1v) is 13.4. The van der Waals surface area contributed by atoms with Crippen molar-refractivity contribution in [2.24, 2.45) is 0 Å². The van der Waals surface area contributed by atoms with E-state index in [0.717, 1.165) is 18.7 Å². The standard InChI is InChI=1S/C28H29N3O6S2/c1-34-23-10-8-19(16-24(23)35-2)18-29-27(33)22(30-26(32)20-6-4-3-5-7-20)17-21-9-11-25(37-21)39-28(38)31-12-14-36-15-13-31/h3-11,16-17H,12-15,18H2,1-2H3,(H,29,33)(H,30,32). The van der Waals surface area contributed by atoms with Crippen LogP contribution in [0.15, 0.2) is 75.9 Å². The Balaban J connectivity index is 1.49. The minimum atomic E-state index is -0.483. The number of carbonyl (C=O) groups excluding carboxylic acids is 2. The molecule has 9 nitrogen and oxygen atoms in total. The number of rotatable bonds is 9. The zero-order valence-electron chi connectivity index (χ0n) is 21.6. The topological polar surface area (TPSA) is 102 Å². The lowest BCUT2D eigenvalue weighted by molar-refractivity contribution is -0.117. The van der Waals surface area contributed by atoms with Crippen LogP contribution in [-0.2, 0) is 16.1 Å². The molecule has 4 rings (SSSR count). The van der Waals surface area contributed by atoms with Gasteiger partial charge in [-0.25, -0.2) is 0 Å². The molecule has 0 bridgehead atoms. The number of thiocarbonyl (C=S) groups is 1. The molecule has 2 amide bonds. The van der Waals surface area contributed by atoms with E-state index < -0.39 is 11.8 Å². The van der Waals surface area contributed by atoms with Crippen molar-refractivity contribution in [2.75, 3.05) is 40.5 Å². The lowest BCUT2D eigenvalue weighted by Crippen LogP contribution is -2.38. The highest BCUT2D eigenvalue weighted by atomic mass is 32.2. The lowest BCUT2D eigenvalue weighted by atomic mass is 10.2. The predicted octanol–water partition coefficient (Wildman–Crippen LogP) is 4.09. The zero-order valence-corrected chi connectivity index (χ0v) is 23.2. The van der Waals surface area contributed by atoms with E-state index in [4.69, 9.17) is 30.8 Å². The molecule has 0 atom stereocenters. The molecular formula is C28H29N3O6S2. The minimum absolute atomic E-state index is 0.0333. The second-order valence-corrected chi connectivity index (χ2v) is 10.0. The molecule has 1 fully saturated rings. The molecule has 204 valence electrons. The van der Waals surface area contributed by atoms with Gasteiger partial charge in [0.25, 0.3) is 11.8 Å². The molecule has 2 aromatic carbocycles. The number of ether oxygens (including phenoxy) is 3. The Morgan fingerprint density at radius 1 is 1.03 bits per heavy atom. The van der Waals surface area contributed by atoms with Gasteiger partial charge in [0.15, 0.2) is 16.6 Å². The van der Waals surface area contributed by atoms with Crippen LogP contribution in [0, 0.1) is 0 Å². The molecule has 2 heterocycles. The van der Waals surface area contributed by atoms with Gasteiger partial charge in [0, 0.05) is 31.3 Å². The van der Waals surface area contributed by atoms with Crippen molar-refractivity contribution in [2.45, 2.75) is 11.6 Å². The molecule has 0 spiro atoms. The smallest absolute Gasteiger partial charge is 0.268 e. The molecule has 1 aliphatic rings. The van der Waals surface area contributed by atoms with Crippen molar-refractivity contribution in [3.05, 3.63) is 83.2 Å². The molecule has 0 aliphatic carbocycles. The summed E-state index contributed by atoms with van der Waals surface area (Å²) in [4.78, 5) is 28.2. The Morgan fingerprint density at radius 3 is 2.49 bits per heavy atom. The van der Waals surface area contributed by atoms with Gasteiger partial charge in [0.2, 0.25) is 0 Å². The summed E-state index contributed by atoms with van der Waals surface area (Å²) in [6.07, 6.45) is 1.49. The number of amides is 2. The molecule has 0 radical (unpaired) electrons. The highest BCUT2D eigenvalue weighted by Crippen LogP contribution is 2.28. The molecule has 2 N–H and O–H groups in total. The Labute approximate surface area is 236 Å². The highest BCUT2D eigenvalue weighted by Gasteiger charge is 2.18. The van der Waals surface area contributed by atoms with Gasteiger partial charge in [-0.1, -0.05) is 36.5 Å². The number of furan rings is 1. The lowest BCUT2D eigenvalue weighted by Gasteiger charge is -2.28. The summed E-state index contributed by atoms with van der Waals surface area (Å²) in [6.45, 7) is 2.93. The SMILES string of the molecule is COc1ccc(CNC(=O)C(=Cc2ccc(SC(=S)N3CCOCC3)o2)NC(=O)c2ccccc2)cc1OC. The van der Waals surface area contributed by atoms with Crippen LogP contribution in [0.4, 0.5) is 0 Å². The number of methoxy groups -OCH3 is 2. The third-order valence-corrected chi connectivity index (χ3v) is 7.14. The Bertz CT molecular complexity index is 1340. The highest BCUT2D eigenvalue weighted by molar-refractivity contribution is 8.22. The van der Waals surface area contributed by atoms with Gasteiger partial charge < -0.3 is 34.2 Å². The number of nitrogens with one attached hydrogen (secondary N) is 2. The number of hydrogen-bond donors (Lipinski definition) is 2. The molecule has 0 unspecified atom stereocenters. The maximum Gasteiger partial charge on any atom is 0.268 e. The van der Waals surface area contributed by atoms with Crippen LogP contribution in [0.5, 0.6) is 11.5 Å². The molecule has 0 saturated carbocycles. The van der Waals surface area contributed by atoms with Gasteiger partial charge in [0.1, 0.15) is 15.8 Å². The normalized spacial score (nSPS) is 13.5. The molecule has 3 aromatic rings. The van der Waals surface area contributed by atoms with E-state index in [-0.39, 0.29) is 12.2 Å².